The summed E-state index contributed by atoms with van der Waals surface area (Å²) in [5.74, 6) is 0.00731. The monoisotopic (exact) mass is 547 g/mol. The number of aliphatic hydroxyl groups is 1. The van der Waals surface area contributed by atoms with E-state index in [0.717, 1.165) is 24.8 Å². The third kappa shape index (κ3) is 8.17. The molecule has 4 N–H and O–H groups in total. The van der Waals surface area contributed by atoms with Gasteiger partial charge >= 0.3 is 6.09 Å². The van der Waals surface area contributed by atoms with Crippen molar-refractivity contribution in [3.05, 3.63) is 60.2 Å². The fraction of sp³-hybridized carbons (Fsp3) is 0.536. The van der Waals surface area contributed by atoms with Crippen molar-refractivity contribution in [3.63, 3.8) is 0 Å². The first-order valence-corrected chi connectivity index (χ1v) is 14.6. The lowest BCUT2D eigenvalue weighted by molar-refractivity contribution is -0.0463. The van der Waals surface area contributed by atoms with Crippen LogP contribution < -0.4 is 11.1 Å². The topological polar surface area (TPSA) is 131 Å². The first-order chi connectivity index (χ1) is 18.0. The number of benzene rings is 2. The predicted molar refractivity (Wildman–Crippen MR) is 147 cm³/mol. The number of ether oxygens (including phenoxy) is 2. The Hall–Kier alpha value is -2.66. The maximum Gasteiger partial charge on any atom is 0.407 e. The number of carbonyl (C=O) groups excluding carboxylic acids is 1. The van der Waals surface area contributed by atoms with Gasteiger partial charge < -0.3 is 25.6 Å². The van der Waals surface area contributed by atoms with Gasteiger partial charge in [0.25, 0.3) is 0 Å². The molecule has 1 aliphatic rings. The van der Waals surface area contributed by atoms with Crippen molar-refractivity contribution in [3.8, 4) is 0 Å². The number of aliphatic hydroxyl groups excluding tert-OH is 1. The molecule has 1 amide bonds. The second-order valence-electron chi connectivity index (χ2n) is 10.4. The molecule has 1 saturated heterocycles. The van der Waals surface area contributed by atoms with Crippen LogP contribution in [0, 0.1) is 5.92 Å². The molecule has 10 heteroatoms. The average molecular weight is 548 g/mol. The minimum Gasteiger partial charge on any atom is -0.446 e. The van der Waals surface area contributed by atoms with E-state index in [1.807, 2.05) is 51.1 Å². The molecule has 0 spiro atoms. The van der Waals surface area contributed by atoms with Crippen molar-refractivity contribution in [1.29, 1.82) is 0 Å². The summed E-state index contributed by atoms with van der Waals surface area (Å²) in [5, 5.41) is 14.1. The van der Waals surface area contributed by atoms with Gasteiger partial charge in [-0.05, 0) is 61.4 Å². The Labute approximate surface area is 226 Å². The minimum atomic E-state index is -3.92. The molecule has 210 valence electrons. The number of nitrogen functional groups attached to an aromatic ring is 1. The number of anilines is 1. The summed E-state index contributed by atoms with van der Waals surface area (Å²) >= 11 is 0. The average Bonchev–Trinajstić information content (AvgIpc) is 3.37. The van der Waals surface area contributed by atoms with Gasteiger partial charge in [-0.3, -0.25) is 0 Å². The van der Waals surface area contributed by atoms with E-state index in [4.69, 9.17) is 15.2 Å². The lowest BCUT2D eigenvalue weighted by Crippen LogP contribution is -2.51. The number of sulfonamides is 1. The summed E-state index contributed by atoms with van der Waals surface area (Å²) in [6, 6.07) is 14.6. The third-order valence-electron chi connectivity index (χ3n) is 6.84. The molecule has 1 fully saturated rings. The zero-order valence-corrected chi connectivity index (χ0v) is 23.3. The summed E-state index contributed by atoms with van der Waals surface area (Å²) in [5.41, 5.74) is 6.60. The Morgan fingerprint density at radius 1 is 1.16 bits per heavy atom. The number of nitrogens with one attached hydrogen (secondary N) is 1. The summed E-state index contributed by atoms with van der Waals surface area (Å²) in [4.78, 5) is 12.9. The number of hydrogen-bond donors (Lipinski definition) is 3. The predicted octanol–water partition coefficient (Wildman–Crippen LogP) is 3.57. The van der Waals surface area contributed by atoms with Gasteiger partial charge in [0.1, 0.15) is 12.2 Å². The van der Waals surface area contributed by atoms with E-state index in [2.05, 4.69) is 5.32 Å². The molecule has 0 radical (unpaired) electrons. The van der Waals surface area contributed by atoms with Crippen molar-refractivity contribution in [1.82, 2.24) is 9.62 Å². The summed E-state index contributed by atoms with van der Waals surface area (Å²) in [6.07, 6.45) is 0.883. The fourth-order valence-corrected chi connectivity index (χ4v) is 6.22. The molecule has 9 nitrogen and oxygen atoms in total. The number of hydrogen-bond acceptors (Lipinski definition) is 7. The van der Waals surface area contributed by atoms with Crippen LogP contribution >= 0.6 is 0 Å². The van der Waals surface area contributed by atoms with Crippen LogP contribution in [0.15, 0.2) is 59.5 Å². The Morgan fingerprint density at radius 3 is 2.42 bits per heavy atom. The number of alkyl carbamates (subject to hydrolysis) is 1. The second-order valence-corrected chi connectivity index (χ2v) is 12.3. The first-order valence-electron chi connectivity index (χ1n) is 13.2. The van der Waals surface area contributed by atoms with Crippen LogP contribution in [-0.4, -0.2) is 68.0 Å². The molecule has 0 saturated carbocycles. The third-order valence-corrected chi connectivity index (χ3v) is 8.68. The van der Waals surface area contributed by atoms with Gasteiger partial charge in [-0.25, -0.2) is 13.2 Å². The maximum absolute atomic E-state index is 13.5. The molecule has 1 heterocycles. The highest BCUT2D eigenvalue weighted by molar-refractivity contribution is 7.89. The van der Waals surface area contributed by atoms with Crippen LogP contribution in [0.4, 0.5) is 10.5 Å². The maximum atomic E-state index is 13.5. The lowest BCUT2D eigenvalue weighted by atomic mass is 9.98. The number of rotatable bonds is 13. The van der Waals surface area contributed by atoms with Gasteiger partial charge in [0.05, 0.1) is 17.0 Å². The molecule has 1 unspecified atom stereocenters. The highest BCUT2D eigenvalue weighted by Gasteiger charge is 2.36. The zero-order chi connectivity index (χ0) is 27.8. The van der Waals surface area contributed by atoms with Gasteiger partial charge in [-0.1, -0.05) is 51.1 Å². The van der Waals surface area contributed by atoms with E-state index < -0.39 is 33.9 Å². The molecule has 2 aromatic carbocycles. The highest BCUT2D eigenvalue weighted by Crippen LogP contribution is 2.29. The van der Waals surface area contributed by atoms with E-state index in [1.54, 1.807) is 0 Å². The molecule has 38 heavy (non-hydrogen) atoms. The van der Waals surface area contributed by atoms with E-state index >= 15 is 0 Å². The van der Waals surface area contributed by atoms with Crippen LogP contribution in [0.2, 0.25) is 0 Å². The smallest absolute Gasteiger partial charge is 0.407 e. The molecule has 3 atom stereocenters. The van der Waals surface area contributed by atoms with E-state index in [-0.39, 0.29) is 30.5 Å². The summed E-state index contributed by atoms with van der Waals surface area (Å²) in [7, 11) is -3.92. The van der Waals surface area contributed by atoms with Crippen LogP contribution in [0.1, 0.15) is 45.6 Å². The van der Waals surface area contributed by atoms with Crippen LogP contribution in [0.3, 0.4) is 0 Å². The fourth-order valence-electron chi connectivity index (χ4n) is 4.59. The Balaban J connectivity index is 1.78. The van der Waals surface area contributed by atoms with Crippen molar-refractivity contribution < 1.29 is 27.8 Å². The zero-order valence-electron chi connectivity index (χ0n) is 22.5. The van der Waals surface area contributed by atoms with E-state index in [0.29, 0.717) is 18.7 Å². The molecular formula is C28H41N3O6S. The van der Waals surface area contributed by atoms with E-state index in [9.17, 15) is 18.3 Å². The van der Waals surface area contributed by atoms with Gasteiger partial charge in [0, 0.05) is 25.4 Å². The van der Waals surface area contributed by atoms with Gasteiger partial charge in [-0.2, -0.15) is 4.31 Å². The van der Waals surface area contributed by atoms with Crippen LogP contribution in [0.5, 0.6) is 0 Å². The number of nitrogens with zero attached hydrogens (tertiary/aromatic N) is 1. The quantitative estimate of drug-likeness (QED) is 0.327. The molecule has 3 rings (SSSR count). The van der Waals surface area contributed by atoms with Gasteiger partial charge in [-0.15, -0.1) is 0 Å². The van der Waals surface area contributed by atoms with Gasteiger partial charge in [0.2, 0.25) is 10.0 Å². The molecule has 2 aromatic rings. The second kappa shape index (κ2) is 13.4. The summed E-state index contributed by atoms with van der Waals surface area (Å²) in [6.45, 7) is 6.57. The molecule has 0 aliphatic carbocycles. The van der Waals surface area contributed by atoms with Crippen molar-refractivity contribution in [2.45, 2.75) is 69.1 Å². The Kier molecular flexibility index (Phi) is 10.6. The minimum absolute atomic E-state index is 0.00731. The summed E-state index contributed by atoms with van der Waals surface area (Å²) < 4.78 is 39.6. The van der Waals surface area contributed by atoms with Crippen molar-refractivity contribution >= 4 is 21.8 Å². The SMILES string of the molecule is CCC1(COC(=O)N[C@@H](Cc2ccccc2)[C@H](O)CN(CC(C)C)S(=O)(=O)c2ccc(N)cc2)CCCO1. The van der Waals surface area contributed by atoms with Crippen molar-refractivity contribution in [2.75, 3.05) is 32.0 Å². The first kappa shape index (κ1) is 29.9. The molecule has 0 bridgehead atoms. The molecule has 1 aliphatic heterocycles. The number of amides is 1. The Bertz CT molecular complexity index is 1120. The van der Waals surface area contributed by atoms with Crippen LogP contribution in [-0.2, 0) is 25.9 Å². The highest BCUT2D eigenvalue weighted by atomic mass is 32.2. The molecule has 0 aromatic heterocycles. The largest absolute Gasteiger partial charge is 0.446 e. The lowest BCUT2D eigenvalue weighted by Gasteiger charge is -2.31. The van der Waals surface area contributed by atoms with E-state index in [1.165, 1.54) is 28.6 Å². The van der Waals surface area contributed by atoms with Gasteiger partial charge in [0.15, 0.2) is 0 Å². The van der Waals surface area contributed by atoms with Crippen LogP contribution in [0.25, 0.3) is 0 Å². The number of carbonyl (C=O) groups is 1. The standard InChI is InChI=1S/C28H41N3O6S/c1-4-28(15-8-16-37-28)20-36-27(33)30-25(17-22-9-6-5-7-10-22)26(32)19-31(18-21(2)3)38(34,35)24-13-11-23(29)12-14-24/h5-7,9-14,21,25-26,32H,4,8,15-20,29H2,1-3H3,(H,30,33)/t25-,26+,28?/m0/s1. The number of nitrogens with two attached hydrogens (primary N) is 1. The normalized spacial score (nSPS) is 19.4. The Morgan fingerprint density at radius 2 is 1.84 bits per heavy atom. The van der Waals surface area contributed by atoms with Crippen molar-refractivity contribution in [2.24, 2.45) is 5.92 Å². The molecular weight excluding hydrogens is 506 g/mol.